The van der Waals surface area contributed by atoms with Crippen LogP contribution in [0.5, 0.6) is 0 Å². The first-order chi connectivity index (χ1) is 14.5. The highest BCUT2D eigenvalue weighted by atomic mass is 16.5. The molecule has 0 radical (unpaired) electrons. The van der Waals surface area contributed by atoms with E-state index in [2.05, 4.69) is 25.1 Å². The SMILES string of the molecule is COC12CC(Cn3nc(C)c4cnc(Nc5cn6ncnc6cc5C)nc43)C(C1)C2. The van der Waals surface area contributed by atoms with Crippen LogP contribution in [0.2, 0.25) is 0 Å². The second-order valence-electron chi connectivity index (χ2n) is 8.78. The van der Waals surface area contributed by atoms with Crippen LogP contribution in [-0.4, -0.2) is 47.1 Å². The van der Waals surface area contributed by atoms with Gasteiger partial charge in [-0.3, -0.25) is 0 Å². The number of anilines is 2. The minimum atomic E-state index is 0.118. The maximum Gasteiger partial charge on any atom is 0.229 e. The lowest BCUT2D eigenvalue weighted by atomic mass is 9.79. The van der Waals surface area contributed by atoms with Gasteiger partial charge in [0, 0.05) is 19.9 Å². The van der Waals surface area contributed by atoms with Crippen molar-refractivity contribution in [2.75, 3.05) is 12.4 Å². The van der Waals surface area contributed by atoms with Gasteiger partial charge in [0.25, 0.3) is 0 Å². The third-order valence-electron chi connectivity index (χ3n) is 6.95. The molecule has 0 amide bonds. The molecule has 30 heavy (non-hydrogen) atoms. The second kappa shape index (κ2) is 6.21. The molecule has 154 valence electrons. The van der Waals surface area contributed by atoms with Crippen molar-refractivity contribution in [2.45, 2.75) is 45.3 Å². The maximum atomic E-state index is 5.77. The molecule has 9 heteroatoms. The third-order valence-corrected chi connectivity index (χ3v) is 6.95. The molecule has 0 saturated heterocycles. The van der Waals surface area contributed by atoms with Gasteiger partial charge in [-0.05, 0) is 56.6 Å². The minimum Gasteiger partial charge on any atom is -0.378 e. The van der Waals surface area contributed by atoms with E-state index in [9.17, 15) is 0 Å². The van der Waals surface area contributed by atoms with Crippen LogP contribution in [-0.2, 0) is 11.3 Å². The van der Waals surface area contributed by atoms with Crippen LogP contribution in [0, 0.1) is 25.7 Å². The fourth-order valence-electron chi connectivity index (χ4n) is 5.23. The Morgan fingerprint density at radius 1 is 1.23 bits per heavy atom. The van der Waals surface area contributed by atoms with Crippen LogP contribution in [0.15, 0.2) is 24.8 Å². The van der Waals surface area contributed by atoms with Crippen LogP contribution >= 0.6 is 0 Å². The van der Waals surface area contributed by atoms with Gasteiger partial charge in [0.1, 0.15) is 6.33 Å². The maximum absolute atomic E-state index is 5.77. The lowest BCUT2D eigenvalue weighted by molar-refractivity contribution is -0.0603. The van der Waals surface area contributed by atoms with E-state index in [0.717, 1.165) is 52.5 Å². The summed E-state index contributed by atoms with van der Waals surface area (Å²) in [5.41, 5.74) is 4.72. The molecule has 1 N–H and O–H groups in total. The summed E-state index contributed by atoms with van der Waals surface area (Å²) in [5, 5.41) is 13.3. The summed E-state index contributed by atoms with van der Waals surface area (Å²) in [4.78, 5) is 13.6. The van der Waals surface area contributed by atoms with Crippen LogP contribution in [0.1, 0.15) is 30.5 Å². The summed E-state index contributed by atoms with van der Waals surface area (Å²) in [5.74, 6) is 1.88. The largest absolute Gasteiger partial charge is 0.378 e. The Hall–Kier alpha value is -3.07. The van der Waals surface area contributed by atoms with Gasteiger partial charge in [0.15, 0.2) is 11.3 Å². The van der Waals surface area contributed by atoms with Crippen molar-refractivity contribution in [3.05, 3.63) is 36.0 Å². The molecule has 0 aromatic carbocycles. The number of nitrogens with zero attached hydrogens (tertiary/aromatic N) is 7. The van der Waals surface area contributed by atoms with Crippen LogP contribution in [0.25, 0.3) is 16.7 Å². The molecule has 7 rings (SSSR count). The summed E-state index contributed by atoms with van der Waals surface area (Å²) in [6, 6.07) is 1.99. The highest BCUT2D eigenvalue weighted by molar-refractivity contribution is 5.78. The Balaban J connectivity index is 1.32. The fraction of sp³-hybridized carbons (Fsp3) is 0.476. The molecular weight excluding hydrogens is 380 g/mol. The Bertz CT molecular complexity index is 1270. The van der Waals surface area contributed by atoms with E-state index in [1.807, 2.05) is 39.4 Å². The average molecular weight is 404 g/mol. The van der Waals surface area contributed by atoms with Gasteiger partial charge in [-0.25, -0.2) is 19.2 Å². The molecule has 3 fully saturated rings. The molecule has 4 aromatic heterocycles. The molecule has 3 aliphatic carbocycles. The molecule has 0 aliphatic heterocycles. The molecule has 3 saturated carbocycles. The van der Waals surface area contributed by atoms with Crippen molar-refractivity contribution in [1.29, 1.82) is 0 Å². The van der Waals surface area contributed by atoms with E-state index in [1.165, 1.54) is 12.8 Å². The van der Waals surface area contributed by atoms with Gasteiger partial charge in [-0.1, -0.05) is 0 Å². The average Bonchev–Trinajstić information content (AvgIpc) is 3.45. The Morgan fingerprint density at radius 2 is 2.10 bits per heavy atom. The van der Waals surface area contributed by atoms with Crippen LogP contribution in [0.3, 0.4) is 0 Å². The quantitative estimate of drug-likeness (QED) is 0.546. The van der Waals surface area contributed by atoms with Crippen molar-refractivity contribution in [2.24, 2.45) is 11.8 Å². The highest BCUT2D eigenvalue weighted by Crippen LogP contribution is 2.57. The fourth-order valence-corrected chi connectivity index (χ4v) is 5.23. The predicted molar refractivity (Wildman–Crippen MR) is 112 cm³/mol. The second-order valence-corrected chi connectivity index (χ2v) is 8.78. The monoisotopic (exact) mass is 404 g/mol. The normalized spacial score (nSPS) is 25.2. The van der Waals surface area contributed by atoms with Gasteiger partial charge >= 0.3 is 0 Å². The standard InChI is InChI=1S/C21H24N8O/c1-12-4-18-23-11-24-28(18)10-17(12)25-20-22-8-16-13(2)27-29(19(16)26-20)9-15-7-21(30-3)5-14(15)6-21/h4,8,10-11,14-15H,5-7,9H2,1-3H3,(H,22,25,26). The smallest absolute Gasteiger partial charge is 0.229 e. The van der Waals surface area contributed by atoms with E-state index in [1.54, 1.807) is 10.8 Å². The summed E-state index contributed by atoms with van der Waals surface area (Å²) in [6.07, 6.45) is 8.78. The number of hydrogen-bond acceptors (Lipinski definition) is 7. The number of nitrogens with one attached hydrogen (secondary N) is 1. The topological polar surface area (TPSA) is 95.0 Å². The molecule has 3 aliphatic rings. The number of methoxy groups -OCH3 is 1. The number of pyridine rings is 1. The lowest BCUT2D eigenvalue weighted by Crippen LogP contribution is -2.36. The van der Waals surface area contributed by atoms with E-state index in [0.29, 0.717) is 11.9 Å². The van der Waals surface area contributed by atoms with Crippen molar-refractivity contribution in [3.8, 4) is 0 Å². The van der Waals surface area contributed by atoms with Crippen molar-refractivity contribution < 1.29 is 4.74 Å². The van der Waals surface area contributed by atoms with Crippen molar-refractivity contribution in [1.82, 2.24) is 34.3 Å². The molecular formula is C21H24N8O. The zero-order valence-electron chi connectivity index (χ0n) is 17.3. The van der Waals surface area contributed by atoms with Gasteiger partial charge < -0.3 is 10.1 Å². The van der Waals surface area contributed by atoms with Gasteiger partial charge in [-0.2, -0.15) is 15.2 Å². The van der Waals surface area contributed by atoms with E-state index >= 15 is 0 Å². The Morgan fingerprint density at radius 3 is 2.90 bits per heavy atom. The first-order valence-corrected chi connectivity index (χ1v) is 10.4. The zero-order chi connectivity index (χ0) is 20.5. The molecule has 4 aromatic rings. The van der Waals surface area contributed by atoms with Gasteiger partial charge in [-0.15, -0.1) is 0 Å². The summed E-state index contributed by atoms with van der Waals surface area (Å²) >= 11 is 0. The number of aromatic nitrogens is 7. The number of aryl methyl sites for hydroxylation is 2. The molecule has 0 spiro atoms. The number of rotatable bonds is 5. The molecule has 2 bridgehead atoms. The van der Waals surface area contributed by atoms with Gasteiger partial charge in [0.2, 0.25) is 5.95 Å². The first-order valence-electron chi connectivity index (χ1n) is 10.4. The van der Waals surface area contributed by atoms with Gasteiger partial charge in [0.05, 0.1) is 28.6 Å². The van der Waals surface area contributed by atoms with Crippen LogP contribution in [0.4, 0.5) is 11.6 Å². The summed E-state index contributed by atoms with van der Waals surface area (Å²) in [7, 11) is 1.84. The number of ether oxygens (including phenoxy) is 1. The Labute approximate surface area is 173 Å². The van der Waals surface area contributed by atoms with Crippen molar-refractivity contribution >= 4 is 28.3 Å². The van der Waals surface area contributed by atoms with Crippen molar-refractivity contribution in [3.63, 3.8) is 0 Å². The molecule has 1 atom stereocenters. The minimum absolute atomic E-state index is 0.118. The number of fused-ring (bicyclic) bond motifs is 3. The number of hydrogen-bond donors (Lipinski definition) is 1. The Kier molecular flexibility index (Phi) is 3.68. The molecule has 4 heterocycles. The molecule has 1 unspecified atom stereocenters. The first kappa shape index (κ1) is 17.8. The predicted octanol–water partition coefficient (Wildman–Crippen LogP) is 3.04. The van der Waals surface area contributed by atoms with E-state index in [-0.39, 0.29) is 5.60 Å². The third kappa shape index (κ3) is 2.61. The lowest BCUT2D eigenvalue weighted by Gasteiger charge is -2.37. The summed E-state index contributed by atoms with van der Waals surface area (Å²) < 4.78 is 9.56. The summed E-state index contributed by atoms with van der Waals surface area (Å²) in [6.45, 7) is 4.92. The van der Waals surface area contributed by atoms with E-state index < -0.39 is 0 Å². The molecule has 9 nitrogen and oxygen atoms in total. The van der Waals surface area contributed by atoms with E-state index in [4.69, 9.17) is 14.8 Å². The van der Waals surface area contributed by atoms with Crippen LogP contribution < -0.4 is 5.32 Å². The highest BCUT2D eigenvalue weighted by Gasteiger charge is 2.56. The zero-order valence-corrected chi connectivity index (χ0v) is 17.3.